The lowest BCUT2D eigenvalue weighted by atomic mass is 10.2. The smallest absolute Gasteiger partial charge is 0.341 e. The van der Waals surface area contributed by atoms with E-state index in [0.717, 1.165) is 25.1 Å². The molecule has 19 heavy (non-hydrogen) atoms. The Labute approximate surface area is 108 Å². The normalized spacial score (nSPS) is 18.2. The summed E-state index contributed by atoms with van der Waals surface area (Å²) in [5, 5.41) is 19.6. The molecule has 1 saturated heterocycles. The van der Waals surface area contributed by atoms with Crippen LogP contribution in [0.4, 0.5) is 5.69 Å². The first-order valence-corrected chi connectivity index (χ1v) is 5.70. The van der Waals surface area contributed by atoms with Crippen molar-refractivity contribution >= 4 is 11.7 Å². The molecule has 0 spiro atoms. The largest absolute Gasteiger partial charge is 0.477 e. The molecule has 1 aliphatic rings. The third-order valence-electron chi connectivity index (χ3n) is 2.71. The van der Waals surface area contributed by atoms with E-state index < -0.39 is 10.9 Å². The molecule has 2 heterocycles. The van der Waals surface area contributed by atoms with Gasteiger partial charge in [0, 0.05) is 12.7 Å². The molecule has 0 bridgehead atoms. The number of rotatable bonds is 5. The number of carbonyl (C=O) groups is 1. The Morgan fingerprint density at radius 1 is 1.68 bits per heavy atom. The van der Waals surface area contributed by atoms with E-state index in [0.29, 0.717) is 6.61 Å². The van der Waals surface area contributed by atoms with Gasteiger partial charge < -0.3 is 14.6 Å². The molecular formula is C11H12N2O6. The molecule has 1 atom stereocenters. The number of nitrogens with zero attached hydrogens (tertiary/aromatic N) is 2. The van der Waals surface area contributed by atoms with Crippen LogP contribution in [-0.2, 0) is 4.74 Å². The molecule has 0 radical (unpaired) electrons. The monoisotopic (exact) mass is 268 g/mol. The summed E-state index contributed by atoms with van der Waals surface area (Å²) in [5.74, 6) is -1.45. The Morgan fingerprint density at radius 3 is 3.05 bits per heavy atom. The molecule has 2 rings (SSSR count). The summed E-state index contributed by atoms with van der Waals surface area (Å²) in [6.07, 6.45) is 2.67. The quantitative estimate of drug-likeness (QED) is 0.631. The van der Waals surface area contributed by atoms with Gasteiger partial charge in [-0.15, -0.1) is 0 Å². The Bertz CT molecular complexity index is 498. The summed E-state index contributed by atoms with van der Waals surface area (Å²) >= 11 is 0. The maximum atomic E-state index is 11.0. The summed E-state index contributed by atoms with van der Waals surface area (Å²) < 4.78 is 10.6. The average Bonchev–Trinajstić information content (AvgIpc) is 2.89. The fourth-order valence-corrected chi connectivity index (χ4v) is 1.76. The standard InChI is InChI=1S/C11H12N2O6/c14-11(15)9-4-7(13(16)17)5-12-10(9)19-6-8-2-1-3-18-8/h4-5,8H,1-3,6H2,(H,14,15). The van der Waals surface area contributed by atoms with E-state index in [9.17, 15) is 14.9 Å². The maximum absolute atomic E-state index is 11.0. The van der Waals surface area contributed by atoms with E-state index in [-0.39, 0.29) is 29.8 Å². The summed E-state index contributed by atoms with van der Waals surface area (Å²) in [7, 11) is 0. The van der Waals surface area contributed by atoms with E-state index in [4.69, 9.17) is 14.6 Å². The van der Waals surface area contributed by atoms with E-state index >= 15 is 0 Å². The van der Waals surface area contributed by atoms with E-state index in [1.54, 1.807) is 0 Å². The summed E-state index contributed by atoms with van der Waals surface area (Å²) in [4.78, 5) is 24.6. The van der Waals surface area contributed by atoms with Crippen molar-refractivity contribution in [3.8, 4) is 5.88 Å². The first-order valence-electron chi connectivity index (χ1n) is 5.70. The fraction of sp³-hybridized carbons (Fsp3) is 0.455. The number of pyridine rings is 1. The second-order valence-electron chi connectivity index (χ2n) is 4.05. The van der Waals surface area contributed by atoms with Gasteiger partial charge in [-0.05, 0) is 12.8 Å². The molecule has 1 unspecified atom stereocenters. The molecule has 8 nitrogen and oxygen atoms in total. The van der Waals surface area contributed by atoms with Crippen molar-refractivity contribution in [1.29, 1.82) is 0 Å². The Kier molecular flexibility index (Phi) is 3.91. The van der Waals surface area contributed by atoms with Crippen molar-refractivity contribution in [1.82, 2.24) is 4.98 Å². The lowest BCUT2D eigenvalue weighted by Crippen LogP contribution is -2.18. The molecule has 0 amide bonds. The summed E-state index contributed by atoms with van der Waals surface area (Å²) in [5.41, 5.74) is -0.714. The summed E-state index contributed by atoms with van der Waals surface area (Å²) in [6, 6.07) is 0.931. The molecule has 1 aromatic rings. The van der Waals surface area contributed by atoms with Crippen molar-refractivity contribution in [3.05, 3.63) is 27.9 Å². The number of carboxylic acids is 1. The molecule has 0 aromatic carbocycles. The lowest BCUT2D eigenvalue weighted by molar-refractivity contribution is -0.385. The first kappa shape index (κ1) is 13.2. The third kappa shape index (κ3) is 3.16. The van der Waals surface area contributed by atoms with E-state index in [1.165, 1.54) is 0 Å². The highest BCUT2D eigenvalue weighted by Gasteiger charge is 2.21. The van der Waals surface area contributed by atoms with Crippen LogP contribution < -0.4 is 4.74 Å². The Hall–Kier alpha value is -2.22. The lowest BCUT2D eigenvalue weighted by Gasteiger charge is -2.11. The number of hydrogen-bond acceptors (Lipinski definition) is 6. The number of aromatic carboxylic acids is 1. The molecule has 102 valence electrons. The van der Waals surface area contributed by atoms with E-state index in [1.807, 2.05) is 0 Å². The van der Waals surface area contributed by atoms with Gasteiger partial charge in [-0.3, -0.25) is 10.1 Å². The second-order valence-corrected chi connectivity index (χ2v) is 4.05. The van der Waals surface area contributed by atoms with Crippen molar-refractivity contribution in [3.63, 3.8) is 0 Å². The predicted molar refractivity (Wildman–Crippen MR) is 62.3 cm³/mol. The minimum Gasteiger partial charge on any atom is -0.477 e. The highest BCUT2D eigenvalue weighted by molar-refractivity contribution is 5.90. The van der Waals surface area contributed by atoms with Gasteiger partial charge >= 0.3 is 5.97 Å². The zero-order valence-electron chi connectivity index (χ0n) is 9.94. The number of aromatic nitrogens is 1. The first-order chi connectivity index (χ1) is 9.08. The Morgan fingerprint density at radius 2 is 2.47 bits per heavy atom. The van der Waals surface area contributed by atoms with Gasteiger partial charge in [0.1, 0.15) is 18.4 Å². The molecular weight excluding hydrogens is 256 g/mol. The SMILES string of the molecule is O=C(O)c1cc([N+](=O)[O-])cnc1OCC1CCCO1. The average molecular weight is 268 g/mol. The Balaban J connectivity index is 2.14. The predicted octanol–water partition coefficient (Wildman–Crippen LogP) is 1.25. The fourth-order valence-electron chi connectivity index (χ4n) is 1.76. The highest BCUT2D eigenvalue weighted by atomic mass is 16.6. The van der Waals surface area contributed by atoms with Gasteiger partial charge in [-0.2, -0.15) is 0 Å². The van der Waals surface area contributed by atoms with Crippen LogP contribution in [0.2, 0.25) is 0 Å². The molecule has 8 heteroatoms. The summed E-state index contributed by atoms with van der Waals surface area (Å²) in [6.45, 7) is 0.846. The topological polar surface area (TPSA) is 112 Å². The van der Waals surface area contributed by atoms with Gasteiger partial charge in [0.15, 0.2) is 0 Å². The second kappa shape index (κ2) is 5.61. The van der Waals surface area contributed by atoms with Crippen LogP contribution >= 0.6 is 0 Å². The van der Waals surface area contributed by atoms with Crippen LogP contribution in [0, 0.1) is 10.1 Å². The zero-order chi connectivity index (χ0) is 13.8. The van der Waals surface area contributed by atoms with E-state index in [2.05, 4.69) is 4.98 Å². The van der Waals surface area contributed by atoms with Crippen molar-refractivity contribution in [2.24, 2.45) is 0 Å². The van der Waals surface area contributed by atoms with Crippen LogP contribution in [0.1, 0.15) is 23.2 Å². The van der Waals surface area contributed by atoms with Crippen molar-refractivity contribution in [2.75, 3.05) is 13.2 Å². The number of ether oxygens (including phenoxy) is 2. The highest BCUT2D eigenvalue weighted by Crippen LogP contribution is 2.22. The van der Waals surface area contributed by atoms with Crippen molar-refractivity contribution in [2.45, 2.75) is 18.9 Å². The molecule has 1 fully saturated rings. The van der Waals surface area contributed by atoms with Crippen LogP contribution in [0.3, 0.4) is 0 Å². The minimum atomic E-state index is -1.32. The third-order valence-corrected chi connectivity index (χ3v) is 2.71. The zero-order valence-corrected chi connectivity index (χ0v) is 9.94. The van der Waals surface area contributed by atoms with Crippen LogP contribution in [0.25, 0.3) is 0 Å². The van der Waals surface area contributed by atoms with Crippen molar-refractivity contribution < 1.29 is 24.3 Å². The number of nitro groups is 1. The minimum absolute atomic E-state index is 0.0846. The molecule has 1 N–H and O–H groups in total. The van der Waals surface area contributed by atoms with Gasteiger partial charge in [0.05, 0.1) is 11.0 Å². The van der Waals surface area contributed by atoms with Crippen LogP contribution in [0.5, 0.6) is 5.88 Å². The van der Waals surface area contributed by atoms with Gasteiger partial charge in [0.25, 0.3) is 5.69 Å². The molecule has 0 aliphatic carbocycles. The molecule has 0 saturated carbocycles. The maximum Gasteiger partial charge on any atom is 0.341 e. The van der Waals surface area contributed by atoms with Gasteiger partial charge in [0.2, 0.25) is 5.88 Å². The number of carboxylic acid groups (broad SMARTS) is 1. The molecule has 1 aliphatic heterocycles. The van der Waals surface area contributed by atoms with Gasteiger partial charge in [-0.25, -0.2) is 9.78 Å². The molecule has 1 aromatic heterocycles. The van der Waals surface area contributed by atoms with Crippen LogP contribution in [0.15, 0.2) is 12.3 Å². The van der Waals surface area contributed by atoms with Crippen LogP contribution in [-0.4, -0.2) is 40.3 Å². The van der Waals surface area contributed by atoms with Gasteiger partial charge in [-0.1, -0.05) is 0 Å². The number of hydrogen-bond donors (Lipinski definition) is 1.